The van der Waals surface area contributed by atoms with Crippen LogP contribution in [0, 0.1) is 40.3 Å². The van der Waals surface area contributed by atoms with E-state index in [2.05, 4.69) is 20.8 Å². The number of fused-ring (bicyclic) bond motifs is 5. The predicted molar refractivity (Wildman–Crippen MR) is 123 cm³/mol. The maximum absolute atomic E-state index is 14.6. The fourth-order valence-electron chi connectivity index (χ4n) is 8.53. The summed E-state index contributed by atoms with van der Waals surface area (Å²) in [6.45, 7) is 7.17. The highest BCUT2D eigenvalue weighted by Crippen LogP contribution is 2.67. The molecule has 3 aliphatic carbocycles. The first-order valence-corrected chi connectivity index (χ1v) is 12.4. The van der Waals surface area contributed by atoms with Gasteiger partial charge in [-0.1, -0.05) is 37.1 Å². The van der Waals surface area contributed by atoms with Crippen molar-refractivity contribution in [3.63, 3.8) is 0 Å². The molecule has 1 saturated heterocycles. The Labute approximate surface area is 191 Å². The molecule has 1 amide bonds. The maximum atomic E-state index is 14.6. The highest BCUT2D eigenvalue weighted by atomic mass is 35.5. The van der Waals surface area contributed by atoms with Gasteiger partial charge in [-0.2, -0.15) is 0 Å². The summed E-state index contributed by atoms with van der Waals surface area (Å²) in [6.07, 6.45) is 8.35. The van der Waals surface area contributed by atoms with Crippen molar-refractivity contribution in [2.24, 2.45) is 34.5 Å². The Morgan fingerprint density at radius 3 is 2.68 bits per heavy atom. The summed E-state index contributed by atoms with van der Waals surface area (Å²) < 4.78 is 14.6. The molecule has 2 nitrogen and oxygen atoms in total. The van der Waals surface area contributed by atoms with Crippen molar-refractivity contribution >= 4 is 17.5 Å². The van der Waals surface area contributed by atoms with Gasteiger partial charge in [0.05, 0.1) is 0 Å². The number of likely N-dealkylation sites (tertiary alicyclic amines) is 1. The molecule has 0 bridgehead atoms. The van der Waals surface area contributed by atoms with E-state index < -0.39 is 0 Å². The van der Waals surface area contributed by atoms with Crippen LogP contribution in [0.1, 0.15) is 71.3 Å². The molecular weight excluding hydrogens is 409 g/mol. The van der Waals surface area contributed by atoms with Gasteiger partial charge in [-0.25, -0.2) is 4.39 Å². The summed E-state index contributed by atoms with van der Waals surface area (Å²) in [7, 11) is 1.98. The molecular formula is C27H35ClFNO. The molecule has 1 unspecified atom stereocenters. The molecule has 2 saturated carbocycles. The van der Waals surface area contributed by atoms with Gasteiger partial charge >= 0.3 is 0 Å². The average Bonchev–Trinajstić information content (AvgIpc) is 3.04. The first-order chi connectivity index (χ1) is 14.7. The van der Waals surface area contributed by atoms with Crippen LogP contribution < -0.4 is 0 Å². The van der Waals surface area contributed by atoms with Crippen LogP contribution >= 0.6 is 11.6 Å². The Hall–Kier alpha value is -1.35. The van der Waals surface area contributed by atoms with Crippen molar-refractivity contribution in [2.75, 3.05) is 7.05 Å². The summed E-state index contributed by atoms with van der Waals surface area (Å²) in [6, 6.07) is 5.07. The zero-order chi connectivity index (χ0) is 22.1. The number of allylic oxidation sites excluding steroid dienone is 2. The van der Waals surface area contributed by atoms with E-state index in [1.54, 1.807) is 12.1 Å². The molecule has 168 valence electrons. The van der Waals surface area contributed by atoms with E-state index in [-0.39, 0.29) is 22.6 Å². The van der Waals surface area contributed by atoms with Crippen molar-refractivity contribution in [1.29, 1.82) is 0 Å². The number of carbonyl (C=O) groups excluding carboxylic acids is 1. The molecule has 0 spiro atoms. The normalized spacial score (nSPS) is 39.9. The van der Waals surface area contributed by atoms with Gasteiger partial charge in [0, 0.05) is 35.2 Å². The first-order valence-electron chi connectivity index (χ1n) is 12.1. The van der Waals surface area contributed by atoms with Gasteiger partial charge in [-0.15, -0.1) is 0 Å². The summed E-state index contributed by atoms with van der Waals surface area (Å²) in [5.74, 6) is 2.61. The van der Waals surface area contributed by atoms with E-state index in [1.165, 1.54) is 37.0 Å². The van der Waals surface area contributed by atoms with Crippen molar-refractivity contribution < 1.29 is 9.18 Å². The number of amides is 1. The Morgan fingerprint density at radius 2 is 1.94 bits per heavy atom. The van der Waals surface area contributed by atoms with E-state index >= 15 is 0 Å². The molecule has 31 heavy (non-hydrogen) atoms. The molecule has 0 aromatic heterocycles. The molecule has 6 atom stereocenters. The lowest BCUT2D eigenvalue weighted by molar-refractivity contribution is -0.136. The lowest BCUT2D eigenvalue weighted by Gasteiger charge is -2.59. The molecule has 1 heterocycles. The van der Waals surface area contributed by atoms with Crippen LogP contribution in [0.2, 0.25) is 5.02 Å². The van der Waals surface area contributed by atoms with Crippen LogP contribution in [0.25, 0.3) is 0 Å². The Morgan fingerprint density at radius 1 is 1.16 bits per heavy atom. The Balaban J connectivity index is 1.46. The van der Waals surface area contributed by atoms with Crippen LogP contribution in [-0.4, -0.2) is 17.9 Å². The number of hydrogen-bond acceptors (Lipinski definition) is 1. The summed E-state index contributed by atoms with van der Waals surface area (Å²) in [4.78, 5) is 14.4. The second-order valence-electron chi connectivity index (χ2n) is 11.3. The number of hydrogen-bond donors (Lipinski definition) is 0. The summed E-state index contributed by atoms with van der Waals surface area (Å²) >= 11 is 6.40. The number of rotatable bonds is 2. The molecule has 0 N–H and O–H groups in total. The van der Waals surface area contributed by atoms with Gasteiger partial charge in [0.2, 0.25) is 5.91 Å². The molecule has 4 aliphatic rings. The van der Waals surface area contributed by atoms with Gasteiger partial charge in [0.15, 0.2) is 0 Å². The Kier molecular flexibility index (Phi) is 5.08. The molecule has 1 aromatic carbocycles. The quantitative estimate of drug-likeness (QED) is 0.481. The highest BCUT2D eigenvalue weighted by Gasteiger charge is 2.60. The zero-order valence-corrected chi connectivity index (χ0v) is 20.1. The van der Waals surface area contributed by atoms with Crippen LogP contribution in [-0.2, 0) is 11.2 Å². The molecule has 1 aromatic rings. The number of benzene rings is 1. The van der Waals surface area contributed by atoms with E-state index in [9.17, 15) is 9.18 Å². The van der Waals surface area contributed by atoms with E-state index in [0.717, 1.165) is 19.3 Å². The van der Waals surface area contributed by atoms with Crippen LogP contribution in [0.4, 0.5) is 4.39 Å². The van der Waals surface area contributed by atoms with Gasteiger partial charge in [0.25, 0.3) is 0 Å². The van der Waals surface area contributed by atoms with Crippen LogP contribution in [0.3, 0.4) is 0 Å². The molecule has 0 radical (unpaired) electrons. The fourth-order valence-corrected chi connectivity index (χ4v) is 8.77. The second kappa shape index (κ2) is 7.33. The molecule has 3 fully saturated rings. The predicted octanol–water partition coefficient (Wildman–Crippen LogP) is 7.02. The monoisotopic (exact) mass is 443 g/mol. The lowest BCUT2D eigenvalue weighted by atomic mass is 9.48. The third-order valence-electron chi connectivity index (χ3n) is 10.0. The third-order valence-corrected chi connectivity index (χ3v) is 10.4. The average molecular weight is 444 g/mol. The van der Waals surface area contributed by atoms with Gasteiger partial charge in [-0.3, -0.25) is 4.79 Å². The minimum absolute atomic E-state index is 0.115. The van der Waals surface area contributed by atoms with Crippen molar-refractivity contribution in [1.82, 2.24) is 4.90 Å². The minimum Gasteiger partial charge on any atom is -0.319 e. The largest absolute Gasteiger partial charge is 0.319 e. The van der Waals surface area contributed by atoms with Crippen molar-refractivity contribution in [2.45, 2.75) is 72.1 Å². The summed E-state index contributed by atoms with van der Waals surface area (Å²) in [5, 5.41) is 0.573. The SMILES string of the molecule is CC1=C2N(C)C(=O)CC[C@]2(C)[C@@H]2CC[C@]3(C)C(Cc4c(F)cccc4Cl)CC[C@H]3[C@@H]2C1. The number of carbonyl (C=O) groups is 1. The van der Waals surface area contributed by atoms with Crippen LogP contribution in [0.15, 0.2) is 29.5 Å². The Bertz CT molecular complexity index is 936. The van der Waals surface area contributed by atoms with Gasteiger partial charge in [0.1, 0.15) is 5.82 Å². The summed E-state index contributed by atoms with van der Waals surface area (Å²) in [5.41, 5.74) is 3.81. The van der Waals surface area contributed by atoms with E-state index in [0.29, 0.717) is 40.7 Å². The van der Waals surface area contributed by atoms with Crippen molar-refractivity contribution in [3.05, 3.63) is 45.9 Å². The lowest BCUT2D eigenvalue weighted by Crippen LogP contribution is -2.54. The van der Waals surface area contributed by atoms with Gasteiger partial charge in [-0.05, 0) is 93.1 Å². The second-order valence-corrected chi connectivity index (χ2v) is 11.7. The highest BCUT2D eigenvalue weighted by molar-refractivity contribution is 6.31. The van der Waals surface area contributed by atoms with Gasteiger partial charge < -0.3 is 4.90 Å². The standard InChI is InChI=1S/C27H35ClFNO/c1-16-14-18-20-9-8-17(15-19-22(28)6-5-7-23(19)29)26(20,2)12-10-21(18)27(3)13-11-24(31)30(4)25(16)27/h5-7,17-18,20-21H,8-15H2,1-4H3/t17?,18-,20-,21+,26+,27+/m0/s1. The van der Waals surface area contributed by atoms with Crippen LogP contribution in [0.5, 0.6) is 0 Å². The smallest absolute Gasteiger partial charge is 0.226 e. The topological polar surface area (TPSA) is 20.3 Å². The van der Waals surface area contributed by atoms with E-state index in [4.69, 9.17) is 11.6 Å². The van der Waals surface area contributed by atoms with Crippen molar-refractivity contribution in [3.8, 4) is 0 Å². The molecule has 5 rings (SSSR count). The number of halogens is 2. The maximum Gasteiger partial charge on any atom is 0.226 e. The minimum atomic E-state index is -0.156. The fraction of sp³-hybridized carbons (Fsp3) is 0.667. The third kappa shape index (κ3) is 3.05. The van der Waals surface area contributed by atoms with E-state index in [1.807, 2.05) is 18.0 Å². The number of piperidine rings is 1. The zero-order valence-electron chi connectivity index (χ0n) is 19.3. The molecule has 1 aliphatic heterocycles. The molecule has 4 heteroatoms. The number of nitrogens with zero attached hydrogens (tertiary/aromatic N) is 1. The first kappa shape index (κ1) is 21.5.